The summed E-state index contributed by atoms with van der Waals surface area (Å²) in [7, 11) is 0. The number of likely N-dealkylation sites (tertiary alicyclic amines) is 1. The number of hydrogen-bond donors (Lipinski definition) is 0. The van der Waals surface area contributed by atoms with Crippen LogP contribution in [0.5, 0.6) is 0 Å². The molecule has 1 heterocycles. The zero-order chi connectivity index (χ0) is 15.5. The molecule has 0 spiro atoms. The summed E-state index contributed by atoms with van der Waals surface area (Å²) >= 11 is 0. The van der Waals surface area contributed by atoms with Crippen LogP contribution in [-0.4, -0.2) is 24.0 Å². The molecule has 1 heteroatoms. The largest absolute Gasteiger partial charge is 0.300 e. The first-order chi connectivity index (χ1) is 10.2. The van der Waals surface area contributed by atoms with Crippen molar-refractivity contribution in [1.82, 2.24) is 4.90 Å². The van der Waals surface area contributed by atoms with Gasteiger partial charge in [0.1, 0.15) is 0 Å². The van der Waals surface area contributed by atoms with Crippen molar-refractivity contribution in [1.29, 1.82) is 0 Å². The van der Waals surface area contributed by atoms with E-state index in [1.165, 1.54) is 89.3 Å². The van der Waals surface area contributed by atoms with Crippen molar-refractivity contribution >= 4 is 0 Å². The second-order valence-electron chi connectivity index (χ2n) is 7.08. The number of unbranched alkanes of at least 4 members (excludes halogenated alkanes) is 1. The van der Waals surface area contributed by atoms with Crippen molar-refractivity contribution in [3.05, 3.63) is 12.2 Å². The van der Waals surface area contributed by atoms with Crippen LogP contribution in [0.1, 0.15) is 91.4 Å². The monoisotopic (exact) mass is 293 g/mol. The molecule has 0 aromatic carbocycles. The van der Waals surface area contributed by atoms with Crippen molar-refractivity contribution in [2.45, 2.75) is 97.4 Å². The summed E-state index contributed by atoms with van der Waals surface area (Å²) in [4.78, 5) is 2.81. The molecule has 1 fully saturated rings. The molecule has 1 aliphatic heterocycles. The lowest BCUT2D eigenvalue weighted by Gasteiger charge is -2.37. The van der Waals surface area contributed by atoms with Crippen molar-refractivity contribution in [2.24, 2.45) is 5.92 Å². The second kappa shape index (κ2) is 11.3. The quantitative estimate of drug-likeness (QED) is 0.410. The fraction of sp³-hybridized carbons (Fsp3) is 0.900. The maximum atomic E-state index is 4.22. The van der Waals surface area contributed by atoms with Crippen molar-refractivity contribution in [3.63, 3.8) is 0 Å². The lowest BCUT2D eigenvalue weighted by atomic mass is 9.91. The molecule has 1 aliphatic rings. The fourth-order valence-corrected chi connectivity index (χ4v) is 3.74. The first-order valence-corrected chi connectivity index (χ1v) is 9.61. The standard InChI is InChI=1S/C20H39N/c1-5-8-12-20(13-9-11-18(4)10-6-2)21-16-14-19(7-3)15-17-21/h19-20H,4-17H2,1-3H3. The highest BCUT2D eigenvalue weighted by molar-refractivity contribution is 4.93. The Balaban J connectivity index is 2.35. The SMILES string of the molecule is C=C(CCC)CCCC(CCCC)N1CCC(CC)CC1. The molecule has 0 aromatic rings. The highest BCUT2D eigenvalue weighted by atomic mass is 15.2. The van der Waals surface area contributed by atoms with Gasteiger partial charge in [-0.25, -0.2) is 0 Å². The van der Waals surface area contributed by atoms with Crippen LogP contribution >= 0.6 is 0 Å². The minimum absolute atomic E-state index is 0.845. The van der Waals surface area contributed by atoms with Crippen LogP contribution in [0.4, 0.5) is 0 Å². The van der Waals surface area contributed by atoms with Gasteiger partial charge in [-0.1, -0.05) is 58.6 Å². The summed E-state index contributed by atoms with van der Waals surface area (Å²) in [6.45, 7) is 13.9. The van der Waals surface area contributed by atoms with Gasteiger partial charge in [-0.2, -0.15) is 0 Å². The van der Waals surface area contributed by atoms with Crippen molar-refractivity contribution in [3.8, 4) is 0 Å². The Labute approximate surface area is 134 Å². The van der Waals surface area contributed by atoms with Crippen molar-refractivity contribution in [2.75, 3.05) is 13.1 Å². The fourth-order valence-electron chi connectivity index (χ4n) is 3.74. The Bertz CT molecular complexity index is 263. The molecule has 0 amide bonds. The van der Waals surface area contributed by atoms with Crippen molar-refractivity contribution < 1.29 is 0 Å². The normalized spacial score (nSPS) is 18.8. The molecule has 0 radical (unpaired) electrons. The van der Waals surface area contributed by atoms with E-state index >= 15 is 0 Å². The molecule has 1 saturated heterocycles. The van der Waals surface area contributed by atoms with Crippen LogP contribution < -0.4 is 0 Å². The van der Waals surface area contributed by atoms with E-state index in [-0.39, 0.29) is 0 Å². The van der Waals surface area contributed by atoms with E-state index in [4.69, 9.17) is 0 Å². The summed E-state index contributed by atoms with van der Waals surface area (Å²) < 4.78 is 0. The topological polar surface area (TPSA) is 3.24 Å². The van der Waals surface area contributed by atoms with Gasteiger partial charge in [-0.3, -0.25) is 0 Å². The van der Waals surface area contributed by atoms with Gasteiger partial charge in [0.25, 0.3) is 0 Å². The number of rotatable bonds is 11. The van der Waals surface area contributed by atoms with Crippen LogP contribution in [-0.2, 0) is 0 Å². The predicted octanol–water partition coefficient (Wildman–Crippen LogP) is 6.19. The second-order valence-corrected chi connectivity index (χ2v) is 7.08. The average Bonchev–Trinajstić information content (AvgIpc) is 2.51. The number of hydrogen-bond acceptors (Lipinski definition) is 1. The summed E-state index contributed by atoms with van der Waals surface area (Å²) in [5.74, 6) is 0.998. The van der Waals surface area contributed by atoms with Gasteiger partial charge >= 0.3 is 0 Å². The Morgan fingerprint density at radius 1 is 1.00 bits per heavy atom. The van der Waals surface area contributed by atoms with E-state index in [2.05, 4.69) is 32.3 Å². The molecule has 0 aliphatic carbocycles. The Kier molecular flexibility index (Phi) is 10.1. The zero-order valence-electron chi connectivity index (χ0n) is 15.0. The third-order valence-electron chi connectivity index (χ3n) is 5.31. The highest BCUT2D eigenvalue weighted by Gasteiger charge is 2.23. The van der Waals surface area contributed by atoms with E-state index < -0.39 is 0 Å². The van der Waals surface area contributed by atoms with E-state index in [9.17, 15) is 0 Å². The molecule has 0 bridgehead atoms. The van der Waals surface area contributed by atoms with Gasteiger partial charge in [0.2, 0.25) is 0 Å². The molecule has 1 unspecified atom stereocenters. The first-order valence-electron chi connectivity index (χ1n) is 9.61. The van der Waals surface area contributed by atoms with E-state index in [1.54, 1.807) is 0 Å². The van der Waals surface area contributed by atoms with Crippen LogP contribution in [0, 0.1) is 5.92 Å². The number of allylic oxidation sites excluding steroid dienone is 1. The van der Waals surface area contributed by atoms with E-state index in [0.717, 1.165) is 12.0 Å². The lowest BCUT2D eigenvalue weighted by Crippen LogP contribution is -2.41. The number of nitrogens with zero attached hydrogens (tertiary/aromatic N) is 1. The lowest BCUT2D eigenvalue weighted by molar-refractivity contribution is 0.116. The molecule has 21 heavy (non-hydrogen) atoms. The van der Waals surface area contributed by atoms with Gasteiger partial charge in [0.05, 0.1) is 0 Å². The van der Waals surface area contributed by atoms with Crippen LogP contribution in [0.2, 0.25) is 0 Å². The molecule has 1 atom stereocenters. The molecule has 1 nitrogen and oxygen atoms in total. The Hall–Kier alpha value is -0.300. The van der Waals surface area contributed by atoms with Gasteiger partial charge < -0.3 is 4.90 Å². The summed E-state index contributed by atoms with van der Waals surface area (Å²) in [5.41, 5.74) is 1.47. The van der Waals surface area contributed by atoms with Gasteiger partial charge in [-0.15, -0.1) is 0 Å². The predicted molar refractivity (Wildman–Crippen MR) is 95.8 cm³/mol. The van der Waals surface area contributed by atoms with Crippen LogP contribution in [0.3, 0.4) is 0 Å². The maximum Gasteiger partial charge on any atom is 0.00953 e. The maximum absolute atomic E-state index is 4.22. The molecule has 0 aromatic heterocycles. The summed E-state index contributed by atoms with van der Waals surface area (Å²) in [6, 6.07) is 0.845. The van der Waals surface area contributed by atoms with Gasteiger partial charge in [0.15, 0.2) is 0 Å². The summed E-state index contributed by atoms with van der Waals surface area (Å²) in [5, 5.41) is 0. The third kappa shape index (κ3) is 7.49. The Morgan fingerprint density at radius 3 is 2.24 bits per heavy atom. The van der Waals surface area contributed by atoms with Gasteiger partial charge in [-0.05, 0) is 64.0 Å². The minimum atomic E-state index is 0.845. The number of piperidine rings is 1. The third-order valence-corrected chi connectivity index (χ3v) is 5.31. The zero-order valence-corrected chi connectivity index (χ0v) is 15.0. The molecular formula is C20H39N. The van der Waals surface area contributed by atoms with Crippen LogP contribution in [0.15, 0.2) is 12.2 Å². The molecule has 124 valence electrons. The highest BCUT2D eigenvalue weighted by Crippen LogP contribution is 2.25. The molecule has 0 saturated carbocycles. The summed E-state index contributed by atoms with van der Waals surface area (Å²) in [6.07, 6.45) is 14.9. The van der Waals surface area contributed by atoms with Gasteiger partial charge in [0, 0.05) is 6.04 Å². The smallest absolute Gasteiger partial charge is 0.00953 e. The Morgan fingerprint density at radius 2 is 1.67 bits per heavy atom. The average molecular weight is 294 g/mol. The molecular weight excluding hydrogens is 254 g/mol. The van der Waals surface area contributed by atoms with Crippen LogP contribution in [0.25, 0.3) is 0 Å². The molecule has 0 N–H and O–H groups in total. The van der Waals surface area contributed by atoms with E-state index in [1.807, 2.05) is 0 Å². The van der Waals surface area contributed by atoms with E-state index in [0.29, 0.717) is 0 Å². The first kappa shape index (κ1) is 18.7. The minimum Gasteiger partial charge on any atom is -0.300 e. The molecule has 1 rings (SSSR count).